The number of aromatic nitrogens is 5. The molecule has 5 aromatic rings. The number of anilines is 3. The van der Waals surface area contributed by atoms with Crippen molar-refractivity contribution in [2.75, 3.05) is 31.5 Å². The van der Waals surface area contributed by atoms with E-state index in [0.29, 0.717) is 47.9 Å². The average molecular weight is 563 g/mol. The van der Waals surface area contributed by atoms with Gasteiger partial charge in [-0.1, -0.05) is 24.3 Å². The first-order valence-electron chi connectivity index (χ1n) is 13.3. The summed E-state index contributed by atoms with van der Waals surface area (Å²) in [7, 11) is 4.89. The summed E-state index contributed by atoms with van der Waals surface area (Å²) < 4.78 is 15.9. The van der Waals surface area contributed by atoms with Crippen molar-refractivity contribution in [2.24, 2.45) is 0 Å². The van der Waals surface area contributed by atoms with Gasteiger partial charge in [0.15, 0.2) is 5.82 Å². The van der Waals surface area contributed by atoms with Crippen LogP contribution in [0.5, 0.6) is 17.4 Å². The number of hydrogen-bond donors (Lipinski definition) is 1. The van der Waals surface area contributed by atoms with E-state index in [4.69, 9.17) is 29.2 Å². The van der Waals surface area contributed by atoms with Crippen LogP contribution in [0.4, 0.5) is 17.5 Å². The molecular weight excluding hydrogens is 530 g/mol. The Hall–Kier alpha value is -5.25. The van der Waals surface area contributed by atoms with Gasteiger partial charge in [0.1, 0.15) is 23.1 Å². The van der Waals surface area contributed by atoms with Crippen molar-refractivity contribution in [2.45, 2.75) is 20.0 Å². The van der Waals surface area contributed by atoms with Gasteiger partial charge >= 0.3 is 0 Å². The molecule has 0 aliphatic heterocycles. The third kappa shape index (κ3) is 6.90. The van der Waals surface area contributed by atoms with Gasteiger partial charge < -0.3 is 24.4 Å². The summed E-state index contributed by atoms with van der Waals surface area (Å²) in [6.45, 7) is 7.06. The Kier molecular flexibility index (Phi) is 8.72. The molecule has 42 heavy (non-hydrogen) atoms. The molecule has 10 nitrogen and oxygen atoms in total. The van der Waals surface area contributed by atoms with Gasteiger partial charge in [0.2, 0.25) is 11.8 Å². The first kappa shape index (κ1) is 28.3. The second-order valence-electron chi connectivity index (χ2n) is 9.51. The summed E-state index contributed by atoms with van der Waals surface area (Å²) in [4.78, 5) is 25.4. The Morgan fingerprint density at radius 3 is 1.93 bits per heavy atom. The van der Waals surface area contributed by atoms with Crippen LogP contribution in [0.15, 0.2) is 79.1 Å². The number of ether oxygens (including phenoxy) is 3. The number of methoxy groups -OCH3 is 3. The minimum Gasteiger partial charge on any atom is -0.497 e. The largest absolute Gasteiger partial charge is 0.497 e. The summed E-state index contributed by atoms with van der Waals surface area (Å²) in [6.07, 6.45) is 3.37. The van der Waals surface area contributed by atoms with Crippen molar-refractivity contribution in [1.29, 1.82) is 0 Å². The molecule has 0 atom stereocenters. The van der Waals surface area contributed by atoms with Crippen molar-refractivity contribution in [3.05, 3.63) is 109 Å². The minimum atomic E-state index is 0.480. The van der Waals surface area contributed by atoms with Crippen molar-refractivity contribution in [1.82, 2.24) is 24.9 Å². The highest BCUT2D eigenvalue weighted by Gasteiger charge is 2.18. The molecular formula is C32H32N7O3. The van der Waals surface area contributed by atoms with Crippen LogP contribution in [0.1, 0.15) is 22.5 Å². The fourth-order valence-electron chi connectivity index (χ4n) is 4.32. The third-order valence-electron chi connectivity index (χ3n) is 6.48. The van der Waals surface area contributed by atoms with Crippen molar-refractivity contribution in [3.8, 4) is 28.8 Å². The van der Waals surface area contributed by atoms with Crippen LogP contribution in [0.25, 0.3) is 11.4 Å². The lowest BCUT2D eigenvalue weighted by Gasteiger charge is -2.24. The topological polar surface area (TPSA) is 107 Å². The lowest BCUT2D eigenvalue weighted by Crippen LogP contribution is -2.25. The Morgan fingerprint density at radius 1 is 0.738 bits per heavy atom. The van der Waals surface area contributed by atoms with Crippen LogP contribution in [0, 0.1) is 13.8 Å². The molecule has 0 saturated carbocycles. The minimum absolute atomic E-state index is 0.480. The SMILES string of the molecule is [CH2]c1cnc(Nc2ccc(OC)nc2)c(-c2nc(C)nc(N(Cc3ccc(OC)cc3)Cc3ccc(OC)cc3)n2)c1. The zero-order valence-corrected chi connectivity index (χ0v) is 24.0. The maximum Gasteiger partial charge on any atom is 0.229 e. The van der Waals surface area contributed by atoms with E-state index < -0.39 is 0 Å². The van der Waals surface area contributed by atoms with Gasteiger partial charge in [-0.2, -0.15) is 9.97 Å². The number of nitrogens with one attached hydrogen (secondary N) is 1. The fraction of sp³-hybridized carbons (Fsp3) is 0.188. The smallest absolute Gasteiger partial charge is 0.229 e. The molecule has 0 bridgehead atoms. The monoisotopic (exact) mass is 562 g/mol. The van der Waals surface area contributed by atoms with E-state index in [9.17, 15) is 0 Å². The van der Waals surface area contributed by atoms with E-state index in [-0.39, 0.29) is 0 Å². The highest BCUT2D eigenvalue weighted by Crippen LogP contribution is 2.29. The van der Waals surface area contributed by atoms with E-state index in [1.165, 1.54) is 0 Å². The van der Waals surface area contributed by atoms with Crippen LogP contribution in [0.2, 0.25) is 0 Å². The number of aryl methyl sites for hydroxylation is 1. The van der Waals surface area contributed by atoms with Crippen LogP contribution >= 0.6 is 0 Å². The molecule has 0 spiro atoms. The Morgan fingerprint density at radius 2 is 1.38 bits per heavy atom. The van der Waals surface area contributed by atoms with Gasteiger partial charge in [-0.3, -0.25) is 0 Å². The van der Waals surface area contributed by atoms with Gasteiger partial charge in [-0.25, -0.2) is 15.0 Å². The number of rotatable bonds is 11. The van der Waals surface area contributed by atoms with Gasteiger partial charge in [-0.05, 0) is 66.9 Å². The summed E-state index contributed by atoms with van der Waals surface area (Å²) in [5.74, 6) is 4.29. The molecule has 0 amide bonds. The number of hydrogen-bond acceptors (Lipinski definition) is 10. The quantitative estimate of drug-likeness (QED) is 0.212. The molecule has 0 fully saturated rings. The zero-order valence-electron chi connectivity index (χ0n) is 24.0. The van der Waals surface area contributed by atoms with E-state index in [0.717, 1.165) is 33.9 Å². The fourth-order valence-corrected chi connectivity index (χ4v) is 4.32. The average Bonchev–Trinajstić information content (AvgIpc) is 3.02. The summed E-state index contributed by atoms with van der Waals surface area (Å²) in [6, 6.07) is 21.5. The highest BCUT2D eigenvalue weighted by atomic mass is 16.5. The molecule has 3 aromatic heterocycles. The second kappa shape index (κ2) is 12.9. The Balaban J connectivity index is 1.52. The van der Waals surface area contributed by atoms with Crippen molar-refractivity contribution < 1.29 is 14.2 Å². The van der Waals surface area contributed by atoms with Gasteiger partial charge in [0.25, 0.3) is 0 Å². The summed E-state index contributed by atoms with van der Waals surface area (Å²) in [5, 5.41) is 3.32. The van der Waals surface area contributed by atoms with Gasteiger partial charge in [0.05, 0.1) is 38.8 Å². The molecule has 1 radical (unpaired) electrons. The maximum absolute atomic E-state index is 5.35. The molecule has 2 aromatic carbocycles. The molecule has 0 aliphatic rings. The zero-order chi connectivity index (χ0) is 29.5. The number of pyridine rings is 2. The highest BCUT2D eigenvalue weighted by molar-refractivity contribution is 5.75. The molecule has 0 unspecified atom stereocenters. The Labute approximate surface area is 245 Å². The van der Waals surface area contributed by atoms with E-state index in [1.807, 2.05) is 67.6 Å². The van der Waals surface area contributed by atoms with E-state index in [1.54, 1.807) is 39.8 Å². The predicted octanol–water partition coefficient (Wildman–Crippen LogP) is 5.80. The van der Waals surface area contributed by atoms with Crippen LogP contribution in [-0.2, 0) is 13.1 Å². The number of benzene rings is 2. The molecule has 0 saturated heterocycles. The predicted molar refractivity (Wildman–Crippen MR) is 162 cm³/mol. The van der Waals surface area contributed by atoms with Gasteiger partial charge in [0, 0.05) is 25.4 Å². The molecule has 0 aliphatic carbocycles. The molecule has 5 rings (SSSR count). The Bertz CT molecular complexity index is 1580. The van der Waals surface area contributed by atoms with E-state index in [2.05, 4.69) is 27.1 Å². The maximum atomic E-state index is 5.35. The second-order valence-corrected chi connectivity index (χ2v) is 9.51. The van der Waals surface area contributed by atoms with Crippen LogP contribution < -0.4 is 24.4 Å². The lowest BCUT2D eigenvalue weighted by atomic mass is 10.1. The molecule has 213 valence electrons. The molecule has 10 heteroatoms. The first-order chi connectivity index (χ1) is 20.4. The lowest BCUT2D eigenvalue weighted by molar-refractivity contribution is 0.398. The normalized spacial score (nSPS) is 10.7. The van der Waals surface area contributed by atoms with Gasteiger partial charge in [-0.15, -0.1) is 0 Å². The molecule has 1 N–H and O–H groups in total. The van der Waals surface area contributed by atoms with Crippen molar-refractivity contribution in [3.63, 3.8) is 0 Å². The summed E-state index contributed by atoms with van der Waals surface area (Å²) >= 11 is 0. The van der Waals surface area contributed by atoms with Crippen LogP contribution in [-0.4, -0.2) is 46.2 Å². The van der Waals surface area contributed by atoms with Crippen LogP contribution in [0.3, 0.4) is 0 Å². The standard InChI is InChI=1S/C32H32N7O3/c1-21-16-28(30(34-17-21)37-25-10-15-29(42-5)33-18-25)31-35-22(2)36-32(38-31)39(19-23-6-11-26(40-3)12-7-23)20-24-8-13-27(41-4)14-9-24/h6-18H,1,19-20H2,2-5H3,(H,34,37). The third-order valence-corrected chi connectivity index (χ3v) is 6.48. The number of nitrogens with zero attached hydrogens (tertiary/aromatic N) is 6. The first-order valence-corrected chi connectivity index (χ1v) is 13.3. The van der Waals surface area contributed by atoms with Crippen molar-refractivity contribution >= 4 is 17.5 Å². The molecule has 3 heterocycles. The summed E-state index contributed by atoms with van der Waals surface area (Å²) in [5.41, 5.74) is 4.34. The van der Waals surface area contributed by atoms with E-state index >= 15 is 0 Å².